The van der Waals surface area contributed by atoms with Crippen molar-refractivity contribution in [2.75, 3.05) is 0 Å². The molecule has 4 fully saturated rings. The molecule has 5 aliphatic carbocycles. The zero-order chi connectivity index (χ0) is 29.6. The SMILES string of the molecule is CC1(C)CC[C@]2(C(=O)OCc3ccccc3)CC[C@]3(C)C(=C(Br)CC4[C@@]5(C)CCC(=O)C(C)(C)[C@@H]5CC[C@]43C)[C@@H]2C1. The van der Waals surface area contributed by atoms with Crippen molar-refractivity contribution in [3.8, 4) is 0 Å². The first kappa shape index (κ1) is 29.6. The van der Waals surface area contributed by atoms with Gasteiger partial charge in [-0.25, -0.2) is 0 Å². The monoisotopic (exact) mass is 622 g/mol. The summed E-state index contributed by atoms with van der Waals surface area (Å²) in [5.41, 5.74) is 2.41. The zero-order valence-corrected chi connectivity index (χ0v) is 28.1. The second-order valence-electron chi connectivity index (χ2n) is 16.7. The van der Waals surface area contributed by atoms with Gasteiger partial charge in [0.25, 0.3) is 0 Å². The fraction of sp³-hybridized carbons (Fsp3) is 0.730. The topological polar surface area (TPSA) is 43.4 Å². The Kier molecular flexibility index (Phi) is 6.90. The maximum atomic E-state index is 14.2. The minimum atomic E-state index is -0.443. The van der Waals surface area contributed by atoms with Gasteiger partial charge in [0, 0.05) is 11.8 Å². The minimum absolute atomic E-state index is 0.0205. The number of benzene rings is 1. The van der Waals surface area contributed by atoms with Crippen LogP contribution in [0.15, 0.2) is 40.4 Å². The molecule has 3 nitrogen and oxygen atoms in total. The van der Waals surface area contributed by atoms with Crippen LogP contribution in [0.25, 0.3) is 0 Å². The molecule has 41 heavy (non-hydrogen) atoms. The van der Waals surface area contributed by atoms with Gasteiger partial charge in [-0.15, -0.1) is 0 Å². The molecule has 0 spiro atoms. The fourth-order valence-electron chi connectivity index (χ4n) is 11.3. The van der Waals surface area contributed by atoms with E-state index >= 15 is 0 Å². The van der Waals surface area contributed by atoms with Gasteiger partial charge in [-0.3, -0.25) is 9.59 Å². The van der Waals surface area contributed by atoms with Gasteiger partial charge < -0.3 is 4.74 Å². The van der Waals surface area contributed by atoms with E-state index in [0.717, 1.165) is 63.4 Å². The molecule has 6 rings (SSSR count). The van der Waals surface area contributed by atoms with E-state index in [9.17, 15) is 9.59 Å². The summed E-state index contributed by atoms with van der Waals surface area (Å²) in [6.45, 7) is 17.3. The van der Waals surface area contributed by atoms with Crippen molar-refractivity contribution in [3.05, 3.63) is 46.0 Å². The molecule has 0 radical (unpaired) electrons. The molecule has 4 saturated carbocycles. The number of carbonyl (C=O) groups is 2. The van der Waals surface area contributed by atoms with Crippen LogP contribution < -0.4 is 0 Å². The molecule has 0 heterocycles. The Labute approximate surface area is 256 Å². The lowest BCUT2D eigenvalue weighted by molar-refractivity contribution is -0.192. The van der Waals surface area contributed by atoms with Crippen LogP contribution in [0.5, 0.6) is 0 Å². The quantitative estimate of drug-likeness (QED) is 0.315. The highest BCUT2D eigenvalue weighted by Crippen LogP contribution is 2.77. The first-order chi connectivity index (χ1) is 19.1. The molecule has 0 bridgehead atoms. The van der Waals surface area contributed by atoms with Crippen LogP contribution in [0.2, 0.25) is 0 Å². The third-order valence-corrected chi connectivity index (χ3v) is 14.8. The van der Waals surface area contributed by atoms with Crippen molar-refractivity contribution in [2.45, 2.75) is 119 Å². The highest BCUT2D eigenvalue weighted by molar-refractivity contribution is 9.11. The zero-order valence-electron chi connectivity index (χ0n) is 26.5. The molecular weight excluding hydrogens is 572 g/mol. The largest absolute Gasteiger partial charge is 0.460 e. The van der Waals surface area contributed by atoms with Crippen molar-refractivity contribution in [1.82, 2.24) is 0 Å². The second-order valence-corrected chi connectivity index (χ2v) is 17.7. The van der Waals surface area contributed by atoms with E-state index < -0.39 is 5.41 Å². The van der Waals surface area contributed by atoms with Gasteiger partial charge in [0.1, 0.15) is 12.4 Å². The van der Waals surface area contributed by atoms with Gasteiger partial charge >= 0.3 is 5.97 Å². The van der Waals surface area contributed by atoms with E-state index in [1.165, 1.54) is 4.48 Å². The molecular formula is C37H51BrO3. The van der Waals surface area contributed by atoms with E-state index in [0.29, 0.717) is 30.6 Å². The summed E-state index contributed by atoms with van der Waals surface area (Å²) in [4.78, 5) is 27.3. The lowest BCUT2D eigenvalue weighted by Crippen LogP contribution is -2.65. The van der Waals surface area contributed by atoms with E-state index in [1.807, 2.05) is 30.3 Å². The first-order valence-corrected chi connectivity index (χ1v) is 17.0. The number of ether oxygens (including phenoxy) is 1. The first-order valence-electron chi connectivity index (χ1n) is 16.2. The van der Waals surface area contributed by atoms with Gasteiger partial charge in [-0.05, 0) is 113 Å². The molecule has 224 valence electrons. The molecule has 0 amide bonds. The number of carbonyl (C=O) groups excluding carboxylic acids is 2. The number of fused-ring (bicyclic) bond motifs is 7. The molecule has 4 heteroatoms. The van der Waals surface area contributed by atoms with Crippen molar-refractivity contribution in [3.63, 3.8) is 0 Å². The lowest BCUT2D eigenvalue weighted by Gasteiger charge is -2.71. The van der Waals surface area contributed by atoms with Gasteiger partial charge in [-0.2, -0.15) is 0 Å². The number of Topliss-reactive ketones (excluding diaryl/α,β-unsaturated/α-hetero) is 1. The van der Waals surface area contributed by atoms with Crippen molar-refractivity contribution in [2.24, 2.45) is 50.2 Å². The van der Waals surface area contributed by atoms with Crippen molar-refractivity contribution < 1.29 is 14.3 Å². The number of halogens is 1. The number of hydrogen-bond donors (Lipinski definition) is 0. The summed E-state index contributed by atoms with van der Waals surface area (Å²) in [5.74, 6) is 1.65. The summed E-state index contributed by atoms with van der Waals surface area (Å²) in [6.07, 6.45) is 10.0. The van der Waals surface area contributed by atoms with Gasteiger partial charge in [0.2, 0.25) is 0 Å². The number of ketones is 1. The van der Waals surface area contributed by atoms with E-state index in [2.05, 4.69) is 64.4 Å². The fourth-order valence-corrected chi connectivity index (χ4v) is 12.3. The number of allylic oxidation sites excluding steroid dienone is 2. The Morgan fingerprint density at radius 2 is 1.59 bits per heavy atom. The third-order valence-electron chi connectivity index (χ3n) is 14.0. The summed E-state index contributed by atoms with van der Waals surface area (Å²) in [6, 6.07) is 10.1. The van der Waals surface area contributed by atoms with Crippen LogP contribution in [-0.4, -0.2) is 11.8 Å². The highest BCUT2D eigenvalue weighted by Gasteiger charge is 2.70. The maximum absolute atomic E-state index is 14.2. The van der Waals surface area contributed by atoms with Crippen LogP contribution in [0.4, 0.5) is 0 Å². The van der Waals surface area contributed by atoms with Crippen molar-refractivity contribution in [1.29, 1.82) is 0 Å². The molecule has 1 aromatic rings. The predicted octanol–water partition coefficient (Wildman–Crippen LogP) is 9.82. The average molecular weight is 624 g/mol. The third kappa shape index (κ3) is 4.15. The van der Waals surface area contributed by atoms with Crippen LogP contribution in [0, 0.1) is 50.2 Å². The maximum Gasteiger partial charge on any atom is 0.313 e. The summed E-state index contributed by atoms with van der Waals surface area (Å²) >= 11 is 4.24. The summed E-state index contributed by atoms with van der Waals surface area (Å²) < 4.78 is 7.55. The molecule has 0 aliphatic heterocycles. The Hall–Kier alpha value is -1.42. The minimum Gasteiger partial charge on any atom is -0.460 e. The van der Waals surface area contributed by atoms with Gasteiger partial charge in [0.05, 0.1) is 5.41 Å². The summed E-state index contributed by atoms with van der Waals surface area (Å²) in [7, 11) is 0. The van der Waals surface area contributed by atoms with Crippen LogP contribution in [-0.2, 0) is 20.9 Å². The highest BCUT2D eigenvalue weighted by atomic mass is 79.9. The van der Waals surface area contributed by atoms with Crippen LogP contribution >= 0.6 is 15.9 Å². The molecule has 0 saturated heterocycles. The number of hydrogen-bond acceptors (Lipinski definition) is 3. The smallest absolute Gasteiger partial charge is 0.313 e. The Morgan fingerprint density at radius 1 is 0.902 bits per heavy atom. The Balaban J connectivity index is 1.40. The predicted molar refractivity (Wildman–Crippen MR) is 168 cm³/mol. The molecule has 1 aromatic carbocycles. The number of rotatable bonds is 3. The molecule has 0 aromatic heterocycles. The number of esters is 1. The molecule has 5 aliphatic rings. The lowest BCUT2D eigenvalue weighted by atomic mass is 9.33. The van der Waals surface area contributed by atoms with E-state index in [-0.39, 0.29) is 39.0 Å². The van der Waals surface area contributed by atoms with Gasteiger partial charge in [0.15, 0.2) is 0 Å². The molecule has 7 atom stereocenters. The molecule has 0 N–H and O–H groups in total. The summed E-state index contributed by atoms with van der Waals surface area (Å²) in [5, 5.41) is 0. The average Bonchev–Trinajstić information content (AvgIpc) is 2.91. The Bertz CT molecular complexity index is 1280. The normalized spacial score (nSPS) is 42.8. The van der Waals surface area contributed by atoms with Crippen LogP contribution in [0.3, 0.4) is 0 Å². The Morgan fingerprint density at radius 3 is 2.29 bits per heavy atom. The standard InChI is InChI=1S/C37H51BrO3/c1-32(2)17-19-37(31(40)41-23-24-11-9-8-10-12-24)20-18-36(7)30(25(37)22-32)26(38)21-28-34(5)15-14-29(39)33(3,4)27(34)13-16-35(28,36)6/h8-12,25,27-28H,13-23H2,1-7H3/t25-,27-,28?,34-,35+,36+,37-/m0/s1. The van der Waals surface area contributed by atoms with Gasteiger partial charge in [-0.1, -0.05) is 94.7 Å². The second kappa shape index (κ2) is 9.54. The van der Waals surface area contributed by atoms with E-state index in [1.54, 1.807) is 5.57 Å². The molecule has 1 unspecified atom stereocenters. The van der Waals surface area contributed by atoms with Crippen LogP contribution in [0.1, 0.15) is 118 Å². The van der Waals surface area contributed by atoms with E-state index in [4.69, 9.17) is 4.74 Å². The van der Waals surface area contributed by atoms with Crippen molar-refractivity contribution >= 4 is 27.7 Å².